The third kappa shape index (κ3) is 5.30. The van der Waals surface area contributed by atoms with E-state index in [4.69, 9.17) is 4.74 Å². The van der Waals surface area contributed by atoms with E-state index < -0.39 is 7.14 Å². The largest absolute Gasteiger partial charge is 0.496 e. The summed E-state index contributed by atoms with van der Waals surface area (Å²) in [5, 5.41) is 5.00. The molecule has 0 spiro atoms. The molecule has 2 atom stereocenters. The fraction of sp³-hybridized carbons (Fsp3) is 0.438. The Hall–Kier alpha value is -2.39. The van der Waals surface area contributed by atoms with Crippen molar-refractivity contribution in [2.24, 2.45) is 5.92 Å². The number of nitrogens with zero attached hydrogens (tertiary/aromatic N) is 1. The number of methoxy groups -OCH3 is 1. The molecule has 0 amide bonds. The second-order valence-corrected chi connectivity index (χ2v) is 14.1. The van der Waals surface area contributed by atoms with Gasteiger partial charge in [0.2, 0.25) is 0 Å². The lowest BCUT2D eigenvalue weighted by Gasteiger charge is -2.54. The third-order valence-electron chi connectivity index (χ3n) is 8.81. The van der Waals surface area contributed by atoms with Crippen LogP contribution < -0.4 is 15.4 Å². The van der Waals surface area contributed by atoms with Crippen LogP contribution in [-0.2, 0) is 11.1 Å². The van der Waals surface area contributed by atoms with E-state index in [1.165, 1.54) is 37.1 Å². The van der Waals surface area contributed by atoms with Crippen molar-refractivity contribution in [3.05, 3.63) is 95.6 Å². The molecule has 0 aromatic heterocycles. The Morgan fingerprint density at radius 1 is 0.919 bits per heavy atom. The van der Waals surface area contributed by atoms with E-state index in [1.54, 1.807) is 7.11 Å². The van der Waals surface area contributed by atoms with Crippen LogP contribution in [0.15, 0.2) is 78.9 Å². The molecule has 0 saturated carbocycles. The molecule has 6 rings (SSSR count). The van der Waals surface area contributed by atoms with Crippen LogP contribution in [0, 0.1) is 5.92 Å². The zero-order chi connectivity index (χ0) is 25.8. The molecule has 3 fully saturated rings. The number of hydrogen-bond donors (Lipinski definition) is 1. The number of nitrogens with one attached hydrogen (secondary N) is 1. The van der Waals surface area contributed by atoms with Gasteiger partial charge in [-0.05, 0) is 61.2 Å². The molecule has 1 N–H and O–H groups in total. The molecule has 0 unspecified atom stereocenters. The quantitative estimate of drug-likeness (QED) is 0.330. The summed E-state index contributed by atoms with van der Waals surface area (Å²) in [5.41, 5.74) is 3.86. The average Bonchev–Trinajstić information content (AvgIpc) is 2.97. The monoisotopic (exact) mass is 516 g/mol. The molecule has 3 heterocycles. The first-order valence-corrected chi connectivity index (χ1v) is 16.0. The van der Waals surface area contributed by atoms with E-state index in [-0.39, 0.29) is 0 Å². The predicted molar refractivity (Wildman–Crippen MR) is 155 cm³/mol. The van der Waals surface area contributed by atoms with Crippen LogP contribution in [-0.4, -0.2) is 49.5 Å². The molecule has 0 aliphatic carbocycles. The van der Waals surface area contributed by atoms with E-state index >= 15 is 0 Å². The number of benzene rings is 3. The van der Waals surface area contributed by atoms with Gasteiger partial charge in [0.25, 0.3) is 0 Å². The molecular formula is C32H41N2O2P. The zero-order valence-corrected chi connectivity index (χ0v) is 23.4. The summed E-state index contributed by atoms with van der Waals surface area (Å²) in [6, 6.07) is 28.9. The molecule has 3 aromatic rings. The molecule has 196 valence electrons. The number of ether oxygens (including phenoxy) is 1. The Balaban J connectivity index is 1.48. The molecule has 3 saturated heterocycles. The molecule has 3 aliphatic rings. The summed E-state index contributed by atoms with van der Waals surface area (Å²) in [5.74, 6) is 1.82. The van der Waals surface area contributed by atoms with Gasteiger partial charge in [0, 0.05) is 47.7 Å². The van der Waals surface area contributed by atoms with Crippen LogP contribution in [0.3, 0.4) is 0 Å². The maximum Gasteiger partial charge on any atom is 0.123 e. The van der Waals surface area contributed by atoms with Gasteiger partial charge < -0.3 is 14.6 Å². The van der Waals surface area contributed by atoms with Crippen molar-refractivity contribution in [3.63, 3.8) is 0 Å². The van der Waals surface area contributed by atoms with Gasteiger partial charge in [-0.15, -0.1) is 0 Å². The highest BCUT2D eigenvalue weighted by molar-refractivity contribution is 7.71. The highest BCUT2D eigenvalue weighted by atomic mass is 31.2. The third-order valence-corrected chi connectivity index (χ3v) is 12.1. The minimum absolute atomic E-state index is 0.302. The van der Waals surface area contributed by atoms with Crippen LogP contribution in [0.4, 0.5) is 0 Å². The summed E-state index contributed by atoms with van der Waals surface area (Å²) in [7, 11) is -0.625. The van der Waals surface area contributed by atoms with Crippen molar-refractivity contribution in [1.82, 2.24) is 10.2 Å². The fourth-order valence-corrected chi connectivity index (χ4v) is 8.58. The van der Waals surface area contributed by atoms with Crippen LogP contribution >= 0.6 is 7.14 Å². The van der Waals surface area contributed by atoms with Gasteiger partial charge in [0.15, 0.2) is 0 Å². The number of rotatable bonds is 10. The fourth-order valence-electron chi connectivity index (χ4n) is 6.67. The molecule has 4 nitrogen and oxygen atoms in total. The minimum Gasteiger partial charge on any atom is -0.496 e. The summed E-state index contributed by atoms with van der Waals surface area (Å²) >= 11 is 0. The van der Waals surface area contributed by atoms with Crippen molar-refractivity contribution in [2.45, 2.75) is 51.2 Å². The Bertz CT molecular complexity index is 1160. The van der Waals surface area contributed by atoms with Crippen molar-refractivity contribution >= 4 is 12.4 Å². The SMILES string of the molecule is CCP(=O)(CC)c1ccc(OC)c(CN[C@H]2C3CCN(CC3)[C@H]2C(c2ccccc2)c2ccccc2)c1. The van der Waals surface area contributed by atoms with Gasteiger partial charge in [-0.25, -0.2) is 0 Å². The van der Waals surface area contributed by atoms with Gasteiger partial charge in [0.05, 0.1) is 7.11 Å². The van der Waals surface area contributed by atoms with Crippen molar-refractivity contribution in [1.29, 1.82) is 0 Å². The number of hydrogen-bond acceptors (Lipinski definition) is 4. The lowest BCUT2D eigenvalue weighted by Crippen LogP contribution is -2.64. The van der Waals surface area contributed by atoms with Crippen molar-refractivity contribution < 1.29 is 9.30 Å². The topological polar surface area (TPSA) is 41.6 Å². The van der Waals surface area contributed by atoms with Crippen LogP contribution in [0.5, 0.6) is 5.75 Å². The first kappa shape index (κ1) is 26.2. The normalized spacial score (nSPS) is 23.4. The first-order chi connectivity index (χ1) is 18.1. The molecule has 37 heavy (non-hydrogen) atoms. The van der Waals surface area contributed by atoms with Crippen molar-refractivity contribution in [2.75, 3.05) is 32.5 Å². The first-order valence-electron chi connectivity index (χ1n) is 13.9. The van der Waals surface area contributed by atoms with E-state index in [1.807, 2.05) is 26.0 Å². The maximum atomic E-state index is 13.5. The van der Waals surface area contributed by atoms with Gasteiger partial charge in [-0.1, -0.05) is 74.5 Å². The van der Waals surface area contributed by atoms with E-state index in [0.29, 0.717) is 42.8 Å². The summed E-state index contributed by atoms with van der Waals surface area (Å²) < 4.78 is 19.3. The molecule has 2 bridgehead atoms. The minimum atomic E-state index is -2.36. The molecule has 5 heteroatoms. The lowest BCUT2D eigenvalue weighted by molar-refractivity contribution is 0.00462. The second kappa shape index (κ2) is 11.6. The summed E-state index contributed by atoms with van der Waals surface area (Å²) in [6.07, 6.45) is 3.87. The van der Waals surface area contributed by atoms with Gasteiger partial charge >= 0.3 is 0 Å². The van der Waals surface area contributed by atoms with Crippen LogP contribution in [0.2, 0.25) is 0 Å². The Morgan fingerprint density at radius 2 is 1.51 bits per heavy atom. The molecule has 0 radical (unpaired) electrons. The molecular weight excluding hydrogens is 475 g/mol. The Labute approximate surface area is 222 Å². The number of piperidine rings is 3. The molecule has 3 aromatic carbocycles. The Morgan fingerprint density at radius 3 is 2.05 bits per heavy atom. The smallest absolute Gasteiger partial charge is 0.123 e. The average molecular weight is 517 g/mol. The van der Waals surface area contributed by atoms with E-state index in [9.17, 15) is 4.57 Å². The lowest BCUT2D eigenvalue weighted by atomic mass is 9.70. The maximum absolute atomic E-state index is 13.5. The van der Waals surface area contributed by atoms with Crippen molar-refractivity contribution in [3.8, 4) is 5.75 Å². The number of fused-ring (bicyclic) bond motifs is 3. The zero-order valence-electron chi connectivity index (χ0n) is 22.5. The standard InChI is InChI=1S/C32H41N2O2P/c1-4-37(35,5-2)28-16-17-29(36-3)27(22-28)23-33-31-26-18-20-34(21-19-26)32(31)30(24-12-8-6-9-13-24)25-14-10-7-11-15-25/h6-17,22,26,30-33H,4-5,18-21,23H2,1-3H3/t31-,32-/m0/s1. The molecule has 3 aliphatic heterocycles. The van der Waals surface area contributed by atoms with E-state index in [0.717, 1.165) is 16.6 Å². The van der Waals surface area contributed by atoms with Crippen LogP contribution in [0.25, 0.3) is 0 Å². The van der Waals surface area contributed by atoms with Gasteiger partial charge in [0.1, 0.15) is 12.9 Å². The highest BCUT2D eigenvalue weighted by Crippen LogP contribution is 2.45. The van der Waals surface area contributed by atoms with Crippen LogP contribution in [0.1, 0.15) is 49.3 Å². The highest BCUT2D eigenvalue weighted by Gasteiger charge is 2.46. The summed E-state index contributed by atoms with van der Waals surface area (Å²) in [4.78, 5) is 2.72. The summed E-state index contributed by atoms with van der Waals surface area (Å²) in [6.45, 7) is 7.12. The predicted octanol–water partition coefficient (Wildman–Crippen LogP) is 6.11. The van der Waals surface area contributed by atoms with E-state index in [2.05, 4.69) is 76.9 Å². The van der Waals surface area contributed by atoms with Gasteiger partial charge in [-0.3, -0.25) is 4.90 Å². The van der Waals surface area contributed by atoms with Gasteiger partial charge in [-0.2, -0.15) is 0 Å². The second-order valence-electron chi connectivity index (χ2n) is 10.6. The Kier molecular flexibility index (Phi) is 8.19.